The van der Waals surface area contributed by atoms with Gasteiger partial charge in [-0.3, -0.25) is 4.79 Å². The van der Waals surface area contributed by atoms with Crippen molar-refractivity contribution in [3.05, 3.63) is 150 Å². The first kappa shape index (κ1) is 25.8. The Morgan fingerprint density at radius 3 is 2.41 bits per heavy atom. The summed E-state index contributed by atoms with van der Waals surface area (Å²) in [7, 11) is 0. The van der Waals surface area contributed by atoms with Crippen LogP contribution >= 0.6 is 0 Å². The van der Waals surface area contributed by atoms with Gasteiger partial charge in [0.25, 0.3) is 5.91 Å². The van der Waals surface area contributed by atoms with E-state index >= 15 is 0 Å². The molecule has 0 aliphatic rings. The van der Waals surface area contributed by atoms with Crippen LogP contribution in [0.1, 0.15) is 27.2 Å². The number of carbonyl (C=O) groups excluding carboxylic acids is 1. The Labute approximate surface area is 238 Å². The van der Waals surface area contributed by atoms with E-state index in [2.05, 4.69) is 34.8 Å². The minimum Gasteiger partial charge on any atom is -0.489 e. The van der Waals surface area contributed by atoms with E-state index in [1.807, 2.05) is 115 Å². The van der Waals surface area contributed by atoms with Crippen molar-refractivity contribution in [2.75, 3.05) is 0 Å². The van der Waals surface area contributed by atoms with Crippen molar-refractivity contribution in [2.24, 2.45) is 5.10 Å². The number of aromatic nitrogens is 2. The molecule has 0 aliphatic carbocycles. The average molecular weight is 537 g/mol. The van der Waals surface area contributed by atoms with Crippen LogP contribution in [0.5, 0.6) is 5.75 Å². The predicted molar refractivity (Wildman–Crippen MR) is 164 cm³/mol. The monoisotopic (exact) mass is 536 g/mol. The maximum Gasteiger partial charge on any atom is 0.291 e. The number of aryl methyl sites for hydroxylation is 1. The summed E-state index contributed by atoms with van der Waals surface area (Å²) in [6.45, 7) is 2.53. The zero-order chi connectivity index (χ0) is 28.0. The highest BCUT2D eigenvalue weighted by Crippen LogP contribution is 2.31. The lowest BCUT2D eigenvalue weighted by molar-refractivity contribution is 0.0949. The van der Waals surface area contributed by atoms with Crippen LogP contribution in [0.4, 0.5) is 0 Å². The number of fused-ring (bicyclic) bond motifs is 1. The minimum atomic E-state index is -0.391. The minimum absolute atomic E-state index is 0.276. The second-order valence-corrected chi connectivity index (χ2v) is 9.68. The molecule has 0 saturated carbocycles. The Kier molecular flexibility index (Phi) is 7.36. The van der Waals surface area contributed by atoms with Gasteiger partial charge >= 0.3 is 0 Å². The van der Waals surface area contributed by atoms with E-state index in [0.29, 0.717) is 6.61 Å². The number of carbonyl (C=O) groups is 1. The normalized spacial score (nSPS) is 11.1. The largest absolute Gasteiger partial charge is 0.489 e. The predicted octanol–water partition coefficient (Wildman–Crippen LogP) is 7.34. The van der Waals surface area contributed by atoms with E-state index in [4.69, 9.17) is 9.84 Å². The fourth-order valence-electron chi connectivity index (χ4n) is 4.73. The van der Waals surface area contributed by atoms with E-state index in [-0.39, 0.29) is 5.69 Å². The van der Waals surface area contributed by atoms with Crippen LogP contribution in [0.25, 0.3) is 27.7 Å². The maximum absolute atomic E-state index is 13.2. The average Bonchev–Trinajstić information content (AvgIpc) is 3.46. The number of nitrogens with one attached hydrogen (secondary N) is 1. The molecule has 6 nitrogen and oxygen atoms in total. The molecule has 1 aromatic heterocycles. The highest BCUT2D eigenvalue weighted by Gasteiger charge is 2.19. The molecular formula is C35H28N4O2. The first-order chi connectivity index (χ1) is 20.2. The fraction of sp³-hybridized carbons (Fsp3) is 0.0571. The summed E-state index contributed by atoms with van der Waals surface area (Å²) in [5.74, 6) is 0.371. The molecular weight excluding hydrogens is 508 g/mol. The number of amides is 1. The number of benzene rings is 5. The summed E-state index contributed by atoms with van der Waals surface area (Å²) in [4.78, 5) is 13.2. The van der Waals surface area contributed by atoms with Crippen molar-refractivity contribution in [2.45, 2.75) is 13.5 Å². The highest BCUT2D eigenvalue weighted by atomic mass is 16.5. The Hall–Kier alpha value is -5.49. The van der Waals surface area contributed by atoms with Gasteiger partial charge in [-0.1, -0.05) is 91.0 Å². The molecule has 0 unspecified atom stereocenters. The lowest BCUT2D eigenvalue weighted by Gasteiger charge is -2.12. The van der Waals surface area contributed by atoms with Crippen LogP contribution in [-0.2, 0) is 6.61 Å². The number of hydrogen-bond donors (Lipinski definition) is 1. The molecule has 0 bridgehead atoms. The number of rotatable bonds is 8. The van der Waals surface area contributed by atoms with Crippen LogP contribution in [0.2, 0.25) is 0 Å². The molecule has 0 radical (unpaired) electrons. The molecule has 0 atom stereocenters. The van der Waals surface area contributed by atoms with Gasteiger partial charge in [0.1, 0.15) is 12.4 Å². The van der Waals surface area contributed by atoms with Gasteiger partial charge in [0.05, 0.1) is 17.6 Å². The van der Waals surface area contributed by atoms with Crippen molar-refractivity contribution >= 4 is 22.9 Å². The Bertz CT molecular complexity index is 1840. The van der Waals surface area contributed by atoms with Crippen LogP contribution in [0, 0.1) is 6.92 Å². The van der Waals surface area contributed by atoms with Gasteiger partial charge in [0, 0.05) is 5.56 Å². The third kappa shape index (κ3) is 5.77. The van der Waals surface area contributed by atoms with E-state index in [0.717, 1.165) is 50.2 Å². The zero-order valence-corrected chi connectivity index (χ0v) is 22.6. The van der Waals surface area contributed by atoms with E-state index in [1.54, 1.807) is 6.21 Å². The topological polar surface area (TPSA) is 68.5 Å². The number of para-hydroxylation sites is 1. The quantitative estimate of drug-likeness (QED) is 0.163. The molecule has 1 amide bonds. The van der Waals surface area contributed by atoms with Crippen LogP contribution < -0.4 is 10.2 Å². The van der Waals surface area contributed by atoms with Gasteiger partial charge in [-0.15, -0.1) is 0 Å². The van der Waals surface area contributed by atoms with Gasteiger partial charge in [0.15, 0.2) is 5.69 Å². The standard InChI is InChI=1S/C35H28N4O2/c1-25-10-5-8-17-33(25)39-34(31-16-9-14-28-13-6-7-15-30(28)31)22-32(38-39)35(40)37-36-23-26-18-20-29(21-19-26)41-24-27-11-3-2-4-12-27/h2-23H,24H2,1H3,(H,37,40)/b36-23-. The molecule has 5 aromatic carbocycles. The number of hydrogen-bond acceptors (Lipinski definition) is 4. The third-order valence-corrected chi connectivity index (χ3v) is 6.86. The second-order valence-electron chi connectivity index (χ2n) is 9.68. The molecule has 1 heterocycles. The second kappa shape index (κ2) is 11.7. The van der Waals surface area contributed by atoms with Gasteiger partial charge < -0.3 is 4.74 Å². The summed E-state index contributed by atoms with van der Waals surface area (Å²) in [6.07, 6.45) is 1.60. The Morgan fingerprint density at radius 2 is 1.59 bits per heavy atom. The lowest BCUT2D eigenvalue weighted by atomic mass is 10.0. The summed E-state index contributed by atoms with van der Waals surface area (Å²) >= 11 is 0. The number of nitrogens with zero attached hydrogens (tertiary/aromatic N) is 3. The van der Waals surface area contributed by atoms with Gasteiger partial charge in [0.2, 0.25) is 0 Å². The van der Waals surface area contributed by atoms with Gasteiger partial charge in [-0.2, -0.15) is 10.2 Å². The van der Waals surface area contributed by atoms with Crippen molar-refractivity contribution in [1.29, 1.82) is 0 Å². The SMILES string of the molecule is Cc1ccccc1-n1nc(C(=O)N/N=C\c2ccc(OCc3ccccc3)cc2)cc1-c1cccc2ccccc12. The van der Waals surface area contributed by atoms with E-state index in [1.165, 1.54) is 0 Å². The molecule has 41 heavy (non-hydrogen) atoms. The molecule has 1 N–H and O–H groups in total. The molecule has 0 fully saturated rings. The summed E-state index contributed by atoms with van der Waals surface area (Å²) in [5.41, 5.74) is 8.63. The van der Waals surface area contributed by atoms with Crippen molar-refractivity contribution in [1.82, 2.24) is 15.2 Å². The number of hydrazone groups is 1. The first-order valence-corrected chi connectivity index (χ1v) is 13.4. The van der Waals surface area contributed by atoms with E-state index in [9.17, 15) is 4.79 Å². The van der Waals surface area contributed by atoms with Crippen LogP contribution in [0.15, 0.2) is 132 Å². The third-order valence-electron chi connectivity index (χ3n) is 6.86. The van der Waals surface area contributed by atoms with Crippen molar-refractivity contribution in [3.8, 4) is 22.7 Å². The van der Waals surface area contributed by atoms with E-state index < -0.39 is 5.91 Å². The smallest absolute Gasteiger partial charge is 0.291 e. The summed E-state index contributed by atoms with van der Waals surface area (Å²) in [5, 5.41) is 11.1. The van der Waals surface area contributed by atoms with Crippen molar-refractivity contribution < 1.29 is 9.53 Å². The molecule has 0 spiro atoms. The Balaban J connectivity index is 1.22. The zero-order valence-electron chi connectivity index (χ0n) is 22.6. The molecule has 6 aromatic rings. The molecule has 6 rings (SSSR count). The van der Waals surface area contributed by atoms with Crippen molar-refractivity contribution in [3.63, 3.8) is 0 Å². The van der Waals surface area contributed by atoms with Gasteiger partial charge in [-0.25, -0.2) is 10.1 Å². The molecule has 0 saturated heterocycles. The first-order valence-electron chi connectivity index (χ1n) is 13.4. The molecule has 0 aliphatic heterocycles. The van der Waals surface area contributed by atoms with Crippen LogP contribution in [-0.4, -0.2) is 21.9 Å². The lowest BCUT2D eigenvalue weighted by Crippen LogP contribution is -2.18. The van der Waals surface area contributed by atoms with Gasteiger partial charge in [-0.05, 0) is 70.8 Å². The Morgan fingerprint density at radius 1 is 0.854 bits per heavy atom. The maximum atomic E-state index is 13.2. The molecule has 6 heteroatoms. The number of ether oxygens (including phenoxy) is 1. The van der Waals surface area contributed by atoms with Crippen LogP contribution in [0.3, 0.4) is 0 Å². The fourth-order valence-corrected chi connectivity index (χ4v) is 4.73. The molecule has 200 valence electrons. The summed E-state index contributed by atoms with van der Waals surface area (Å²) in [6, 6.07) is 41.7. The highest BCUT2D eigenvalue weighted by molar-refractivity contribution is 5.99. The summed E-state index contributed by atoms with van der Waals surface area (Å²) < 4.78 is 7.68.